The van der Waals surface area contributed by atoms with Gasteiger partial charge in [0.1, 0.15) is 11.3 Å². The number of hydrogen-bond acceptors (Lipinski definition) is 2. The van der Waals surface area contributed by atoms with Gasteiger partial charge >= 0.3 is 0 Å². The molecule has 15 heavy (non-hydrogen) atoms. The number of fused-ring (bicyclic) bond motifs is 1. The minimum absolute atomic E-state index is 0.723. The molecule has 1 heterocycles. The number of rotatable bonds is 1. The first kappa shape index (κ1) is 9.54. The highest BCUT2D eigenvalue weighted by Crippen LogP contribution is 2.25. The molecule has 0 atom stereocenters. The maximum absolute atomic E-state index is 5.38. The Morgan fingerprint density at radius 1 is 1.33 bits per heavy atom. The van der Waals surface area contributed by atoms with Gasteiger partial charge in [-0.2, -0.15) is 0 Å². The quantitative estimate of drug-likeness (QED) is 0.655. The van der Waals surface area contributed by atoms with Crippen molar-refractivity contribution in [2.24, 2.45) is 0 Å². The smallest absolute Gasteiger partial charge is 0.146 e. The average molecular weight is 197 g/mol. The van der Waals surface area contributed by atoms with Crippen LogP contribution in [0.25, 0.3) is 10.9 Å². The van der Waals surface area contributed by atoms with E-state index in [1.165, 1.54) is 0 Å². The standard InChI is InChI=1S/C13H11NO/c1-4-10-6-11-5-9(2)8-14-13(11)12(7-10)15-3/h1,5-8H,2-3H3. The number of hydrogen-bond donors (Lipinski definition) is 0. The zero-order chi connectivity index (χ0) is 10.8. The first-order valence-electron chi connectivity index (χ1n) is 4.65. The van der Waals surface area contributed by atoms with Crippen molar-refractivity contribution in [1.82, 2.24) is 4.98 Å². The summed E-state index contributed by atoms with van der Waals surface area (Å²) in [6, 6.07) is 5.81. The molecule has 2 aromatic rings. The van der Waals surface area contributed by atoms with Gasteiger partial charge in [-0.1, -0.05) is 5.92 Å². The van der Waals surface area contributed by atoms with Crippen LogP contribution in [0.2, 0.25) is 0 Å². The van der Waals surface area contributed by atoms with Gasteiger partial charge in [0.15, 0.2) is 0 Å². The van der Waals surface area contributed by atoms with Gasteiger partial charge < -0.3 is 4.74 Å². The van der Waals surface area contributed by atoms with Crippen LogP contribution in [0.1, 0.15) is 11.1 Å². The van der Waals surface area contributed by atoms with Crippen molar-refractivity contribution in [2.45, 2.75) is 6.92 Å². The fraction of sp³-hybridized carbons (Fsp3) is 0.154. The van der Waals surface area contributed by atoms with Crippen LogP contribution in [0.5, 0.6) is 5.75 Å². The summed E-state index contributed by atoms with van der Waals surface area (Å²) in [4.78, 5) is 4.33. The van der Waals surface area contributed by atoms with E-state index in [0.717, 1.165) is 27.8 Å². The van der Waals surface area contributed by atoms with E-state index >= 15 is 0 Å². The molecule has 0 amide bonds. The van der Waals surface area contributed by atoms with Crippen LogP contribution in [0.4, 0.5) is 0 Å². The van der Waals surface area contributed by atoms with Crippen LogP contribution in [-0.2, 0) is 0 Å². The lowest BCUT2D eigenvalue weighted by Crippen LogP contribution is -1.90. The predicted molar refractivity (Wildman–Crippen MR) is 61.0 cm³/mol. The summed E-state index contributed by atoms with van der Waals surface area (Å²) in [6.45, 7) is 2.00. The molecule has 0 aliphatic rings. The Hall–Kier alpha value is -2.01. The van der Waals surface area contributed by atoms with E-state index in [1.54, 1.807) is 7.11 Å². The van der Waals surface area contributed by atoms with Crippen molar-refractivity contribution in [3.05, 3.63) is 35.5 Å². The molecule has 1 aromatic heterocycles. The number of nitrogens with zero attached hydrogens (tertiary/aromatic N) is 1. The van der Waals surface area contributed by atoms with E-state index in [2.05, 4.69) is 10.9 Å². The van der Waals surface area contributed by atoms with E-state index in [-0.39, 0.29) is 0 Å². The second-order valence-corrected chi connectivity index (χ2v) is 3.41. The highest BCUT2D eigenvalue weighted by Gasteiger charge is 2.04. The highest BCUT2D eigenvalue weighted by molar-refractivity contribution is 5.86. The van der Waals surface area contributed by atoms with Gasteiger partial charge in [-0.15, -0.1) is 6.42 Å². The number of pyridine rings is 1. The third-order valence-electron chi connectivity index (χ3n) is 2.27. The second-order valence-electron chi connectivity index (χ2n) is 3.41. The highest BCUT2D eigenvalue weighted by atomic mass is 16.5. The maximum atomic E-state index is 5.38. The Bertz CT molecular complexity index is 552. The summed E-state index contributed by atoms with van der Waals surface area (Å²) in [5.41, 5.74) is 2.77. The summed E-state index contributed by atoms with van der Waals surface area (Å²) < 4.78 is 5.25. The number of benzene rings is 1. The van der Waals surface area contributed by atoms with Crippen molar-refractivity contribution < 1.29 is 4.74 Å². The van der Waals surface area contributed by atoms with E-state index < -0.39 is 0 Å². The zero-order valence-corrected chi connectivity index (χ0v) is 8.74. The van der Waals surface area contributed by atoms with Crippen LogP contribution in [0, 0.1) is 19.3 Å². The Morgan fingerprint density at radius 2 is 2.13 bits per heavy atom. The molecule has 0 saturated carbocycles. The molecule has 0 bridgehead atoms. The SMILES string of the molecule is C#Cc1cc(OC)c2ncc(C)cc2c1. The van der Waals surface area contributed by atoms with Gasteiger partial charge in [0.25, 0.3) is 0 Å². The fourth-order valence-corrected chi connectivity index (χ4v) is 1.57. The largest absolute Gasteiger partial charge is 0.494 e. The minimum atomic E-state index is 0.723. The van der Waals surface area contributed by atoms with Crippen LogP contribution in [0.3, 0.4) is 0 Å². The normalized spacial score (nSPS) is 9.93. The minimum Gasteiger partial charge on any atom is -0.494 e. The average Bonchev–Trinajstić information content (AvgIpc) is 2.26. The van der Waals surface area contributed by atoms with Crippen molar-refractivity contribution >= 4 is 10.9 Å². The molecule has 0 N–H and O–H groups in total. The Kier molecular flexibility index (Phi) is 2.31. The van der Waals surface area contributed by atoms with Gasteiger partial charge in [-0.3, -0.25) is 4.98 Å². The van der Waals surface area contributed by atoms with E-state index in [0.29, 0.717) is 0 Å². The molecular formula is C13H11NO. The third-order valence-corrected chi connectivity index (χ3v) is 2.27. The lowest BCUT2D eigenvalue weighted by molar-refractivity contribution is 0.419. The summed E-state index contributed by atoms with van der Waals surface area (Å²) in [7, 11) is 1.62. The van der Waals surface area contributed by atoms with Crippen LogP contribution < -0.4 is 4.74 Å². The summed E-state index contributed by atoms with van der Waals surface area (Å²) in [6.07, 6.45) is 7.20. The van der Waals surface area contributed by atoms with E-state index in [4.69, 9.17) is 11.2 Å². The molecule has 0 unspecified atom stereocenters. The molecule has 0 aliphatic carbocycles. The van der Waals surface area contributed by atoms with Crippen molar-refractivity contribution in [3.8, 4) is 18.1 Å². The summed E-state index contributed by atoms with van der Waals surface area (Å²) in [5, 5.41) is 1.02. The lowest BCUT2D eigenvalue weighted by Gasteiger charge is -2.06. The fourth-order valence-electron chi connectivity index (χ4n) is 1.57. The number of methoxy groups -OCH3 is 1. The van der Waals surface area contributed by atoms with Crippen LogP contribution in [-0.4, -0.2) is 12.1 Å². The molecule has 2 heteroatoms. The second kappa shape index (κ2) is 3.62. The Labute approximate surface area is 88.9 Å². The predicted octanol–water partition coefficient (Wildman–Crippen LogP) is 2.53. The molecule has 74 valence electrons. The summed E-state index contributed by atoms with van der Waals surface area (Å²) in [5.74, 6) is 3.33. The van der Waals surface area contributed by atoms with Gasteiger partial charge in [-0.25, -0.2) is 0 Å². The van der Waals surface area contributed by atoms with Crippen molar-refractivity contribution in [1.29, 1.82) is 0 Å². The zero-order valence-electron chi connectivity index (χ0n) is 8.74. The Morgan fingerprint density at radius 3 is 2.80 bits per heavy atom. The first-order valence-corrected chi connectivity index (χ1v) is 4.65. The molecule has 0 radical (unpaired) electrons. The van der Waals surface area contributed by atoms with Crippen LogP contribution in [0.15, 0.2) is 24.4 Å². The van der Waals surface area contributed by atoms with E-state index in [9.17, 15) is 0 Å². The molecule has 0 saturated heterocycles. The van der Waals surface area contributed by atoms with Crippen molar-refractivity contribution in [3.63, 3.8) is 0 Å². The molecule has 2 nitrogen and oxygen atoms in total. The number of ether oxygens (including phenoxy) is 1. The number of terminal acetylenes is 1. The molecule has 2 rings (SSSR count). The Balaban J connectivity index is 2.82. The maximum Gasteiger partial charge on any atom is 0.146 e. The summed E-state index contributed by atoms with van der Waals surface area (Å²) >= 11 is 0. The monoisotopic (exact) mass is 197 g/mol. The van der Waals surface area contributed by atoms with Gasteiger partial charge in [0.2, 0.25) is 0 Å². The first-order chi connectivity index (χ1) is 7.24. The molecule has 0 aliphatic heterocycles. The van der Waals surface area contributed by atoms with Crippen molar-refractivity contribution in [2.75, 3.05) is 7.11 Å². The lowest BCUT2D eigenvalue weighted by atomic mass is 10.1. The number of aryl methyl sites for hydroxylation is 1. The molecule has 0 fully saturated rings. The molecular weight excluding hydrogens is 186 g/mol. The number of aromatic nitrogens is 1. The molecule has 0 spiro atoms. The van der Waals surface area contributed by atoms with Gasteiger partial charge in [0, 0.05) is 17.1 Å². The van der Waals surface area contributed by atoms with E-state index in [1.807, 2.05) is 31.3 Å². The topological polar surface area (TPSA) is 22.1 Å². The van der Waals surface area contributed by atoms with Gasteiger partial charge in [0.05, 0.1) is 7.11 Å². The van der Waals surface area contributed by atoms with Crippen LogP contribution >= 0.6 is 0 Å². The third kappa shape index (κ3) is 1.64. The molecule has 1 aromatic carbocycles. The van der Waals surface area contributed by atoms with Gasteiger partial charge in [-0.05, 0) is 30.7 Å².